The number of phosphoric ester groups is 1. The van der Waals surface area contributed by atoms with E-state index >= 15 is 0 Å². The molecule has 1 fully saturated rings. The van der Waals surface area contributed by atoms with E-state index in [0.29, 0.717) is 12.1 Å². The van der Waals surface area contributed by atoms with Crippen molar-refractivity contribution in [2.24, 2.45) is 0 Å². The van der Waals surface area contributed by atoms with Crippen LogP contribution in [-0.2, 0) is 40.0 Å². The zero-order valence-corrected chi connectivity index (χ0v) is 37.7. The van der Waals surface area contributed by atoms with Crippen molar-refractivity contribution in [3.8, 4) is 11.8 Å². The van der Waals surface area contributed by atoms with E-state index in [1.54, 1.807) is 24.3 Å². The topological polar surface area (TPSA) is 193 Å². The van der Waals surface area contributed by atoms with E-state index in [9.17, 15) is 20.0 Å². The van der Waals surface area contributed by atoms with Gasteiger partial charge in [0.2, 0.25) is 5.60 Å². The van der Waals surface area contributed by atoms with Crippen molar-refractivity contribution in [3.05, 3.63) is 89.3 Å². The maximum absolute atomic E-state index is 14.5. The van der Waals surface area contributed by atoms with Crippen LogP contribution in [0.3, 0.4) is 0 Å². The summed E-state index contributed by atoms with van der Waals surface area (Å²) in [5, 5.41) is 37.1. The highest BCUT2D eigenvalue weighted by Gasteiger charge is 2.58. The Bertz CT molecular complexity index is 1990. The molecule has 16 heteroatoms. The van der Waals surface area contributed by atoms with E-state index in [1.165, 1.54) is 106 Å². The van der Waals surface area contributed by atoms with Crippen LogP contribution in [0.15, 0.2) is 73.1 Å². The number of rotatable bonds is 31. The van der Waals surface area contributed by atoms with Gasteiger partial charge in [-0.2, -0.15) is 10.4 Å². The first-order valence-corrected chi connectivity index (χ1v) is 24.1. The standard InChI is InChI=1S/C46H65ClN5O9P/c1-2-3-4-5-6-7-8-9-10-11-12-13-14-15-16-22-29-56-31-37(57-30-36-23-18-17-19-24-36)32-58-62(55,61-40-26-21-20-25-38(40)47)59-33-41-43(53)44(54)46(34-48,60-41)42-28-27-39-45(49)50-35-51-52(39)42/h17-21,23-28,35,37,41,43-44,53-54H,2-16,22,29-33H2,1H3,(H2,49,50,51)/t37-,41-,43-,44-,46+,62?/m1/s1. The van der Waals surface area contributed by atoms with E-state index in [1.807, 2.05) is 36.4 Å². The van der Waals surface area contributed by atoms with Crippen molar-refractivity contribution in [2.45, 2.75) is 146 Å². The monoisotopic (exact) mass is 897 g/mol. The molecule has 0 radical (unpaired) electrons. The zero-order valence-electron chi connectivity index (χ0n) is 36.0. The van der Waals surface area contributed by atoms with Crippen LogP contribution >= 0.6 is 19.4 Å². The van der Waals surface area contributed by atoms with Crippen LogP contribution in [0.4, 0.5) is 5.82 Å². The Kier molecular flexibility index (Phi) is 20.9. The summed E-state index contributed by atoms with van der Waals surface area (Å²) < 4.78 is 51.6. The van der Waals surface area contributed by atoms with E-state index in [4.69, 9.17) is 45.1 Å². The van der Waals surface area contributed by atoms with Gasteiger partial charge < -0.3 is 34.7 Å². The number of unbranched alkanes of at least 4 members (excludes halogenated alkanes) is 15. The number of fused-ring (bicyclic) bond motifs is 1. The number of aliphatic hydroxyl groups is 2. The lowest BCUT2D eigenvalue weighted by Gasteiger charge is -2.25. The van der Waals surface area contributed by atoms with Gasteiger partial charge in [-0.05, 0) is 36.2 Å². The molecule has 1 saturated heterocycles. The lowest BCUT2D eigenvalue weighted by Crippen LogP contribution is -2.41. The summed E-state index contributed by atoms with van der Waals surface area (Å²) in [6.45, 7) is 2.32. The highest BCUT2D eigenvalue weighted by Crippen LogP contribution is 2.52. The fourth-order valence-electron chi connectivity index (χ4n) is 7.52. The van der Waals surface area contributed by atoms with Crippen LogP contribution in [0.1, 0.15) is 121 Å². The van der Waals surface area contributed by atoms with E-state index in [2.05, 4.69) is 17.0 Å². The van der Waals surface area contributed by atoms with Crippen molar-refractivity contribution in [2.75, 3.05) is 32.2 Å². The number of hydrogen-bond acceptors (Lipinski definition) is 13. The molecule has 0 amide bonds. The van der Waals surface area contributed by atoms with E-state index < -0.39 is 44.4 Å². The van der Waals surface area contributed by atoms with Crippen LogP contribution in [0.25, 0.3) is 5.52 Å². The molecule has 4 aromatic rings. The molecule has 0 saturated carbocycles. The minimum Gasteiger partial charge on any atom is -0.402 e. The van der Waals surface area contributed by atoms with Gasteiger partial charge in [-0.3, -0.25) is 9.05 Å². The minimum absolute atomic E-state index is 0.0234. The number of nitrogen functional groups attached to an aromatic ring is 1. The number of phosphoric acid groups is 1. The summed E-state index contributed by atoms with van der Waals surface area (Å²) in [4.78, 5) is 3.96. The van der Waals surface area contributed by atoms with Crippen LogP contribution in [-0.4, -0.2) is 75.7 Å². The fraction of sp³-hybridized carbons (Fsp3) is 0.587. The van der Waals surface area contributed by atoms with Crippen molar-refractivity contribution in [3.63, 3.8) is 0 Å². The molecule has 3 heterocycles. The average molecular weight is 898 g/mol. The Hall–Kier alpha value is -3.61. The number of aliphatic hydroxyl groups excluding tert-OH is 2. The number of halogens is 1. The molecular weight excluding hydrogens is 833 g/mol. The van der Waals surface area contributed by atoms with Gasteiger partial charge in [0.05, 0.1) is 37.1 Å². The fourth-order valence-corrected chi connectivity index (χ4v) is 9.00. The van der Waals surface area contributed by atoms with Gasteiger partial charge in [0.25, 0.3) is 0 Å². The number of anilines is 1. The zero-order chi connectivity index (χ0) is 44.0. The molecule has 62 heavy (non-hydrogen) atoms. The number of nitrogens with two attached hydrogens (primary N) is 1. The number of aromatic nitrogens is 3. The van der Waals surface area contributed by atoms with Gasteiger partial charge in [-0.25, -0.2) is 14.1 Å². The number of para-hydroxylation sites is 1. The SMILES string of the molecule is CCCCCCCCCCCCCCCCCCOC[C@H](COP(=O)(OC[C@H]1O[C@@](C#N)(c2ccc3c(N)ncnn23)[C@H](O)[C@@H]1O)Oc1ccccc1Cl)OCc1ccccc1. The first-order valence-electron chi connectivity index (χ1n) is 22.3. The minimum atomic E-state index is -4.57. The van der Waals surface area contributed by atoms with Crippen LogP contribution < -0.4 is 10.3 Å². The molecule has 14 nitrogen and oxygen atoms in total. The first-order chi connectivity index (χ1) is 30.2. The maximum atomic E-state index is 14.5. The highest BCUT2D eigenvalue weighted by atomic mass is 35.5. The molecule has 1 aliphatic rings. The average Bonchev–Trinajstić information content (AvgIpc) is 3.83. The number of benzene rings is 2. The van der Waals surface area contributed by atoms with Gasteiger partial charge in [-0.1, -0.05) is 157 Å². The third-order valence-electron chi connectivity index (χ3n) is 11.1. The number of hydrogen-bond donors (Lipinski definition) is 3. The molecule has 340 valence electrons. The van der Waals surface area contributed by atoms with E-state index in [0.717, 1.165) is 24.8 Å². The lowest BCUT2D eigenvalue weighted by molar-refractivity contribution is -0.0685. The van der Waals surface area contributed by atoms with Gasteiger partial charge in [0.1, 0.15) is 48.1 Å². The summed E-state index contributed by atoms with van der Waals surface area (Å²) in [6.07, 6.45) is 16.3. The van der Waals surface area contributed by atoms with Gasteiger partial charge >= 0.3 is 7.82 Å². The molecule has 0 bridgehead atoms. The van der Waals surface area contributed by atoms with Crippen molar-refractivity contribution < 1.29 is 42.6 Å². The van der Waals surface area contributed by atoms with Crippen LogP contribution in [0.5, 0.6) is 5.75 Å². The summed E-state index contributed by atoms with van der Waals surface area (Å²) in [6, 6.07) is 21.0. The molecule has 0 spiro atoms. The smallest absolute Gasteiger partial charge is 0.402 e. The maximum Gasteiger partial charge on any atom is 0.530 e. The molecule has 6 atom stereocenters. The Labute approximate surface area is 371 Å². The van der Waals surface area contributed by atoms with Crippen LogP contribution in [0, 0.1) is 11.3 Å². The Morgan fingerprint density at radius 2 is 1.50 bits per heavy atom. The summed E-state index contributed by atoms with van der Waals surface area (Å²) >= 11 is 6.38. The van der Waals surface area contributed by atoms with Crippen LogP contribution in [0.2, 0.25) is 5.02 Å². The summed E-state index contributed by atoms with van der Waals surface area (Å²) in [5.74, 6) is 0.161. The van der Waals surface area contributed by atoms with Gasteiger partial charge in [0.15, 0.2) is 5.82 Å². The molecule has 2 aromatic carbocycles. The second-order valence-corrected chi connectivity index (χ2v) is 18.0. The number of nitriles is 1. The number of nitrogens with zero attached hydrogens (tertiary/aromatic N) is 4. The third-order valence-corrected chi connectivity index (χ3v) is 12.8. The normalized spacial score (nSPS) is 20.3. The third kappa shape index (κ3) is 14.7. The molecule has 5 rings (SSSR count). The molecular formula is C46H65ClN5O9P. The Morgan fingerprint density at radius 1 is 0.871 bits per heavy atom. The largest absolute Gasteiger partial charge is 0.530 e. The molecule has 4 N–H and O–H groups in total. The van der Waals surface area contributed by atoms with Crippen molar-refractivity contribution in [1.29, 1.82) is 5.26 Å². The number of ether oxygens (including phenoxy) is 3. The first kappa shape index (κ1) is 49.4. The van der Waals surface area contributed by atoms with Crippen molar-refractivity contribution in [1.82, 2.24) is 14.6 Å². The second-order valence-electron chi connectivity index (χ2n) is 16.0. The molecule has 1 aliphatic heterocycles. The predicted octanol–water partition coefficient (Wildman–Crippen LogP) is 9.89. The quantitative estimate of drug-likeness (QED) is 0.0320. The molecule has 1 unspecified atom stereocenters. The summed E-state index contributed by atoms with van der Waals surface area (Å²) in [7, 11) is -4.57. The predicted molar refractivity (Wildman–Crippen MR) is 239 cm³/mol. The van der Waals surface area contributed by atoms with Gasteiger partial charge in [0, 0.05) is 6.61 Å². The van der Waals surface area contributed by atoms with Gasteiger partial charge in [-0.15, -0.1) is 0 Å². The van der Waals surface area contributed by atoms with Crippen molar-refractivity contribution >= 4 is 30.8 Å². The Morgan fingerprint density at radius 3 is 2.15 bits per heavy atom. The molecule has 2 aromatic heterocycles. The Balaban J connectivity index is 1.13. The molecule has 0 aliphatic carbocycles. The second kappa shape index (κ2) is 26.2. The summed E-state index contributed by atoms with van der Waals surface area (Å²) in [5.41, 5.74) is 5.28. The highest BCUT2D eigenvalue weighted by molar-refractivity contribution is 7.48. The lowest BCUT2D eigenvalue weighted by atomic mass is 9.92. The van der Waals surface area contributed by atoms with E-state index in [-0.39, 0.29) is 42.1 Å².